The van der Waals surface area contributed by atoms with Gasteiger partial charge in [0.25, 0.3) is 10.0 Å². The van der Waals surface area contributed by atoms with Gasteiger partial charge >= 0.3 is 0 Å². The maximum absolute atomic E-state index is 12.6. The van der Waals surface area contributed by atoms with Crippen LogP contribution in [0.3, 0.4) is 0 Å². The largest absolute Gasteiger partial charge is 0.397 e. The first kappa shape index (κ1) is 15.9. The Kier molecular flexibility index (Phi) is 4.30. The van der Waals surface area contributed by atoms with E-state index in [0.717, 1.165) is 15.6 Å². The highest BCUT2D eigenvalue weighted by Crippen LogP contribution is 2.30. The summed E-state index contributed by atoms with van der Waals surface area (Å²) in [6.07, 6.45) is 0. The summed E-state index contributed by atoms with van der Waals surface area (Å²) in [5, 5.41) is 0. The molecule has 0 saturated heterocycles. The maximum Gasteiger partial charge on any atom is 0.262 e. The number of anilines is 2. The number of benzene rings is 2. The standard InChI is InChI=1S/C15H17BrN2O2S/c1-9-4-5-10(2)14(6-9)21(19,20)18-15-11(3)7-12(16)8-13(15)17/h4-8,18H,17H2,1-3H3. The maximum atomic E-state index is 12.6. The Labute approximate surface area is 133 Å². The van der Waals surface area contributed by atoms with Gasteiger partial charge in [0, 0.05) is 4.47 Å². The number of hydrogen-bond donors (Lipinski definition) is 2. The number of nitrogens with one attached hydrogen (secondary N) is 1. The van der Waals surface area contributed by atoms with Crippen LogP contribution in [0.25, 0.3) is 0 Å². The van der Waals surface area contributed by atoms with Crippen molar-refractivity contribution in [3.05, 3.63) is 51.5 Å². The summed E-state index contributed by atoms with van der Waals surface area (Å²) in [6, 6.07) is 8.82. The second-order valence-corrected chi connectivity index (χ2v) is 7.63. The van der Waals surface area contributed by atoms with Crippen LogP contribution in [-0.2, 0) is 10.0 Å². The van der Waals surface area contributed by atoms with Gasteiger partial charge in [-0.25, -0.2) is 8.42 Å². The molecule has 0 aliphatic carbocycles. The third-order valence-electron chi connectivity index (χ3n) is 3.20. The van der Waals surface area contributed by atoms with Gasteiger partial charge in [0.1, 0.15) is 0 Å². The summed E-state index contributed by atoms with van der Waals surface area (Å²) in [7, 11) is -3.67. The zero-order valence-electron chi connectivity index (χ0n) is 12.1. The molecular weight excluding hydrogens is 352 g/mol. The van der Waals surface area contributed by atoms with Crippen molar-refractivity contribution in [1.82, 2.24) is 0 Å². The minimum atomic E-state index is -3.67. The van der Waals surface area contributed by atoms with Crippen molar-refractivity contribution in [2.24, 2.45) is 0 Å². The molecule has 0 radical (unpaired) electrons. The molecule has 0 atom stereocenters. The minimum Gasteiger partial charge on any atom is -0.397 e. The first-order valence-electron chi connectivity index (χ1n) is 6.36. The van der Waals surface area contributed by atoms with Crippen molar-refractivity contribution in [3.63, 3.8) is 0 Å². The molecule has 0 aromatic heterocycles. The van der Waals surface area contributed by atoms with Gasteiger partial charge in [-0.3, -0.25) is 4.72 Å². The zero-order chi connectivity index (χ0) is 15.8. The highest BCUT2D eigenvalue weighted by Gasteiger charge is 2.19. The quantitative estimate of drug-likeness (QED) is 0.810. The van der Waals surface area contributed by atoms with Gasteiger partial charge in [0.05, 0.1) is 16.3 Å². The van der Waals surface area contributed by atoms with E-state index in [2.05, 4.69) is 20.7 Å². The van der Waals surface area contributed by atoms with Crippen molar-refractivity contribution in [2.45, 2.75) is 25.7 Å². The number of sulfonamides is 1. The van der Waals surface area contributed by atoms with Crippen molar-refractivity contribution < 1.29 is 8.42 Å². The predicted molar refractivity (Wildman–Crippen MR) is 90.0 cm³/mol. The average molecular weight is 369 g/mol. The van der Waals surface area contributed by atoms with Crippen LogP contribution >= 0.6 is 15.9 Å². The lowest BCUT2D eigenvalue weighted by Crippen LogP contribution is -2.16. The molecule has 2 aromatic carbocycles. The molecular formula is C15H17BrN2O2S. The van der Waals surface area contributed by atoms with Crippen LogP contribution in [0, 0.1) is 20.8 Å². The highest BCUT2D eigenvalue weighted by molar-refractivity contribution is 9.10. The molecule has 3 N–H and O–H groups in total. The van der Waals surface area contributed by atoms with Crippen LogP contribution in [0.5, 0.6) is 0 Å². The van der Waals surface area contributed by atoms with Crippen molar-refractivity contribution in [3.8, 4) is 0 Å². The topological polar surface area (TPSA) is 72.2 Å². The first-order valence-corrected chi connectivity index (χ1v) is 8.64. The monoisotopic (exact) mass is 368 g/mol. The van der Waals surface area contributed by atoms with Crippen LogP contribution in [0.15, 0.2) is 39.7 Å². The molecule has 0 unspecified atom stereocenters. The molecule has 0 bridgehead atoms. The SMILES string of the molecule is Cc1ccc(C)c(S(=O)(=O)Nc2c(C)cc(Br)cc2N)c1. The second-order valence-electron chi connectivity index (χ2n) is 5.06. The molecule has 0 fully saturated rings. The van der Waals surface area contributed by atoms with Crippen LogP contribution in [0.4, 0.5) is 11.4 Å². The fourth-order valence-corrected chi connectivity index (χ4v) is 4.18. The van der Waals surface area contributed by atoms with Gasteiger partial charge in [-0.05, 0) is 55.7 Å². The van der Waals surface area contributed by atoms with E-state index in [1.807, 2.05) is 26.0 Å². The van der Waals surface area contributed by atoms with Gasteiger partial charge in [-0.2, -0.15) is 0 Å². The molecule has 2 aromatic rings. The number of hydrogen-bond acceptors (Lipinski definition) is 3. The summed E-state index contributed by atoms with van der Waals surface area (Å²) in [4.78, 5) is 0.268. The van der Waals surface area contributed by atoms with E-state index in [1.165, 1.54) is 0 Å². The van der Waals surface area contributed by atoms with Crippen LogP contribution in [0.1, 0.15) is 16.7 Å². The lowest BCUT2D eigenvalue weighted by Gasteiger charge is -2.15. The summed E-state index contributed by atoms with van der Waals surface area (Å²) < 4.78 is 28.6. The average Bonchev–Trinajstić information content (AvgIpc) is 2.36. The Hall–Kier alpha value is -1.53. The van der Waals surface area contributed by atoms with Crippen LogP contribution in [-0.4, -0.2) is 8.42 Å². The van der Waals surface area contributed by atoms with Crippen LogP contribution in [0.2, 0.25) is 0 Å². The Morgan fingerprint density at radius 2 is 1.71 bits per heavy atom. The minimum absolute atomic E-state index is 0.268. The van der Waals surface area contributed by atoms with Crippen molar-refractivity contribution in [2.75, 3.05) is 10.5 Å². The van der Waals surface area contributed by atoms with Crippen molar-refractivity contribution in [1.29, 1.82) is 0 Å². The molecule has 0 heterocycles. The van der Waals surface area contributed by atoms with Crippen LogP contribution < -0.4 is 10.5 Å². The molecule has 0 saturated carbocycles. The van der Waals surface area contributed by atoms with Gasteiger partial charge < -0.3 is 5.73 Å². The smallest absolute Gasteiger partial charge is 0.262 e. The fraction of sp³-hybridized carbons (Fsp3) is 0.200. The van der Waals surface area contributed by atoms with Gasteiger partial charge in [-0.1, -0.05) is 28.1 Å². The lowest BCUT2D eigenvalue weighted by molar-refractivity contribution is 0.600. The van der Waals surface area contributed by atoms with Gasteiger partial charge in [-0.15, -0.1) is 0 Å². The molecule has 0 aliphatic rings. The van der Waals surface area contributed by atoms with Gasteiger partial charge in [0.2, 0.25) is 0 Å². The molecule has 6 heteroatoms. The van der Waals surface area contributed by atoms with E-state index in [9.17, 15) is 8.42 Å². The van der Waals surface area contributed by atoms with Gasteiger partial charge in [0.15, 0.2) is 0 Å². The first-order chi connectivity index (χ1) is 9.70. The molecule has 21 heavy (non-hydrogen) atoms. The number of rotatable bonds is 3. The van der Waals surface area contributed by atoms with E-state index in [0.29, 0.717) is 16.9 Å². The van der Waals surface area contributed by atoms with E-state index in [1.54, 1.807) is 25.1 Å². The summed E-state index contributed by atoms with van der Waals surface area (Å²) in [5.74, 6) is 0. The Morgan fingerprint density at radius 1 is 1.05 bits per heavy atom. The Morgan fingerprint density at radius 3 is 2.33 bits per heavy atom. The number of nitrogens with two attached hydrogens (primary N) is 1. The normalized spacial score (nSPS) is 11.4. The van der Waals surface area contributed by atoms with E-state index in [-0.39, 0.29) is 4.90 Å². The summed E-state index contributed by atoms with van der Waals surface area (Å²) in [5.41, 5.74) is 9.07. The highest BCUT2D eigenvalue weighted by atomic mass is 79.9. The third kappa shape index (κ3) is 3.39. The Bertz CT molecular complexity index is 778. The second kappa shape index (κ2) is 5.69. The van der Waals surface area contributed by atoms with E-state index >= 15 is 0 Å². The summed E-state index contributed by atoms with van der Waals surface area (Å²) >= 11 is 3.34. The number of halogens is 1. The third-order valence-corrected chi connectivity index (χ3v) is 5.15. The molecule has 0 amide bonds. The molecule has 0 spiro atoms. The predicted octanol–water partition coefficient (Wildman–Crippen LogP) is 3.76. The molecule has 4 nitrogen and oxygen atoms in total. The Balaban J connectivity index is 2.50. The fourth-order valence-electron chi connectivity index (χ4n) is 2.09. The molecule has 0 aliphatic heterocycles. The summed E-state index contributed by atoms with van der Waals surface area (Å²) in [6.45, 7) is 5.44. The van der Waals surface area contributed by atoms with Crippen molar-refractivity contribution >= 4 is 37.3 Å². The number of aryl methyl sites for hydroxylation is 3. The van der Waals surface area contributed by atoms with E-state index in [4.69, 9.17) is 5.73 Å². The zero-order valence-corrected chi connectivity index (χ0v) is 14.5. The molecule has 112 valence electrons. The van der Waals surface area contributed by atoms with E-state index < -0.39 is 10.0 Å². The molecule has 2 rings (SSSR count). The lowest BCUT2D eigenvalue weighted by atomic mass is 10.2. The number of nitrogen functional groups attached to an aromatic ring is 1.